The van der Waals surface area contributed by atoms with Gasteiger partial charge in [-0.15, -0.1) is 0 Å². The summed E-state index contributed by atoms with van der Waals surface area (Å²) >= 11 is 5.04. The average molecular weight is 501 g/mol. The zero-order chi connectivity index (χ0) is 25.6. The molecule has 0 saturated carbocycles. The molecule has 0 unspecified atom stereocenters. The number of rotatable bonds is 3. The van der Waals surface area contributed by atoms with Crippen LogP contribution >= 0.6 is 11.6 Å². The van der Waals surface area contributed by atoms with Gasteiger partial charge in [-0.3, -0.25) is 9.80 Å². The highest BCUT2D eigenvalue weighted by Crippen LogP contribution is 2.24. The van der Waals surface area contributed by atoms with E-state index >= 15 is 0 Å². The van der Waals surface area contributed by atoms with Crippen LogP contribution in [0.5, 0.6) is 0 Å². The molecule has 2 fully saturated rings. The molecule has 2 rings (SSSR count). The number of aliphatic hydroxyl groups is 1. The summed E-state index contributed by atoms with van der Waals surface area (Å²) < 4.78 is 41.2. The Bertz CT molecular complexity index is 685. The molecule has 0 aromatic rings. The number of likely N-dealkylation sites (tertiary alicyclic amines) is 2. The van der Waals surface area contributed by atoms with Gasteiger partial charge in [0.25, 0.3) is 0 Å². The van der Waals surface area contributed by atoms with Crippen molar-refractivity contribution in [3.05, 3.63) is 0 Å². The molecule has 1 N–H and O–H groups in total. The molecule has 0 aliphatic carbocycles. The molecule has 33 heavy (non-hydrogen) atoms. The molecule has 0 aromatic carbocycles. The minimum atomic E-state index is -1.14. The molecule has 192 valence electrons. The molecule has 2 aliphatic heterocycles. The second-order valence-electron chi connectivity index (χ2n) is 9.97. The topological polar surface area (TPSA) is 106 Å². The number of carbonyl (C=O) groups is 3. The maximum atomic E-state index is 13.3. The monoisotopic (exact) mass is 500 g/mol. The van der Waals surface area contributed by atoms with E-state index in [1.54, 1.807) is 41.5 Å². The van der Waals surface area contributed by atoms with Crippen LogP contribution in [0.3, 0.4) is 0 Å². The first kappa shape index (κ1) is 29.2. The predicted molar refractivity (Wildman–Crippen MR) is 117 cm³/mol. The van der Waals surface area contributed by atoms with Gasteiger partial charge in [0.2, 0.25) is 0 Å². The van der Waals surface area contributed by atoms with E-state index in [-0.39, 0.29) is 39.1 Å². The van der Waals surface area contributed by atoms with Crippen molar-refractivity contribution in [2.45, 2.75) is 90.0 Å². The number of hydrogen-bond acceptors (Lipinski definition) is 7. The van der Waals surface area contributed by atoms with Crippen molar-refractivity contribution in [1.82, 2.24) is 9.80 Å². The molecule has 2 amide bonds. The summed E-state index contributed by atoms with van der Waals surface area (Å²) in [6, 6.07) is -0.979. The molecule has 0 bridgehead atoms. The molecule has 9 nitrogen and oxygen atoms in total. The Morgan fingerprint density at radius 2 is 1.27 bits per heavy atom. The van der Waals surface area contributed by atoms with Crippen LogP contribution in [0.1, 0.15) is 54.4 Å². The van der Waals surface area contributed by atoms with Crippen molar-refractivity contribution in [3.8, 4) is 0 Å². The Morgan fingerprint density at radius 3 is 1.64 bits per heavy atom. The lowest BCUT2D eigenvalue weighted by atomic mass is 10.2. The van der Waals surface area contributed by atoms with E-state index in [4.69, 9.17) is 26.2 Å². The molecule has 12 heteroatoms. The van der Waals surface area contributed by atoms with Crippen LogP contribution in [0.4, 0.5) is 23.2 Å². The lowest BCUT2D eigenvalue weighted by Gasteiger charge is -2.27. The van der Waals surface area contributed by atoms with Gasteiger partial charge in [-0.05, 0) is 41.5 Å². The zero-order valence-electron chi connectivity index (χ0n) is 20.0. The van der Waals surface area contributed by atoms with E-state index in [0.717, 1.165) is 0 Å². The second-order valence-corrected chi connectivity index (χ2v) is 10.3. The van der Waals surface area contributed by atoms with Gasteiger partial charge < -0.3 is 19.3 Å². The van der Waals surface area contributed by atoms with Crippen molar-refractivity contribution < 1.29 is 42.5 Å². The number of halogens is 3. The van der Waals surface area contributed by atoms with Crippen molar-refractivity contribution in [2.75, 3.05) is 26.3 Å². The summed E-state index contributed by atoms with van der Waals surface area (Å²) in [5, 5.41) is 8.99. The molecular formula is C21H35ClF2N2O7. The van der Waals surface area contributed by atoms with Gasteiger partial charge in [-0.2, -0.15) is 0 Å². The van der Waals surface area contributed by atoms with Crippen molar-refractivity contribution in [2.24, 2.45) is 0 Å². The van der Waals surface area contributed by atoms with E-state index in [1.165, 1.54) is 9.80 Å². The Hall–Kier alpha value is -1.88. The molecule has 0 radical (unpaired) electrons. The highest BCUT2D eigenvalue weighted by molar-refractivity contribution is 6.61. The largest absolute Gasteiger partial charge is 0.451 e. The first-order valence-electron chi connectivity index (χ1n) is 10.7. The highest BCUT2D eigenvalue weighted by Gasteiger charge is 2.39. The fourth-order valence-corrected chi connectivity index (χ4v) is 3.36. The first-order valence-corrected chi connectivity index (χ1v) is 11.1. The summed E-state index contributed by atoms with van der Waals surface area (Å²) in [5.41, 5.74) is -2.22. The highest BCUT2D eigenvalue weighted by atomic mass is 35.5. The van der Waals surface area contributed by atoms with Crippen LogP contribution in [0.25, 0.3) is 0 Å². The van der Waals surface area contributed by atoms with Gasteiger partial charge in [0.15, 0.2) is 0 Å². The zero-order valence-corrected chi connectivity index (χ0v) is 20.7. The second kappa shape index (κ2) is 12.0. The predicted octanol–water partition coefficient (Wildman–Crippen LogP) is 4.04. The van der Waals surface area contributed by atoms with E-state index < -0.39 is 53.2 Å². The van der Waals surface area contributed by atoms with Crippen LogP contribution in [-0.2, 0) is 14.2 Å². The van der Waals surface area contributed by atoms with Crippen LogP contribution < -0.4 is 0 Å². The first-order chi connectivity index (χ1) is 15.0. The summed E-state index contributed by atoms with van der Waals surface area (Å²) in [7, 11) is 0. The van der Waals surface area contributed by atoms with Crippen LogP contribution in [0, 0.1) is 0 Å². The SMILES string of the molecule is CC(C)(C)OC(=O)N1C[C@@H](F)C[C@H]1CO.CC(C)(C)OC(=O)N1C[C@@H](F)C[C@H]1COC(=O)Cl. The lowest BCUT2D eigenvalue weighted by molar-refractivity contribution is 0.0158. The van der Waals surface area contributed by atoms with Gasteiger partial charge >= 0.3 is 17.6 Å². The number of alkyl halides is 2. The molecule has 4 atom stereocenters. The fourth-order valence-electron chi connectivity index (χ4n) is 3.30. The Labute approximate surface area is 198 Å². The summed E-state index contributed by atoms with van der Waals surface area (Å²) in [6.45, 7) is 10.0. The van der Waals surface area contributed by atoms with Crippen LogP contribution in [-0.4, -0.2) is 94.5 Å². The number of amides is 2. The number of aliphatic hydroxyl groups excluding tert-OH is 1. The van der Waals surface area contributed by atoms with Gasteiger partial charge in [-0.1, -0.05) is 0 Å². The summed E-state index contributed by atoms with van der Waals surface area (Å²) in [5.74, 6) is 0. The lowest BCUT2D eigenvalue weighted by Crippen LogP contribution is -2.42. The third-order valence-electron chi connectivity index (χ3n) is 4.58. The number of ether oxygens (including phenoxy) is 3. The van der Waals surface area contributed by atoms with Gasteiger partial charge in [0.05, 0.1) is 31.8 Å². The Balaban J connectivity index is 0.000000335. The molecular weight excluding hydrogens is 466 g/mol. The molecule has 2 heterocycles. The van der Waals surface area contributed by atoms with Gasteiger partial charge in [-0.25, -0.2) is 23.2 Å². The number of nitrogens with zero attached hydrogens (tertiary/aromatic N) is 2. The molecule has 2 aliphatic rings. The van der Waals surface area contributed by atoms with Crippen LogP contribution in [0.2, 0.25) is 0 Å². The smallest absolute Gasteiger partial charge is 0.410 e. The Kier molecular flexibility index (Phi) is 10.6. The summed E-state index contributed by atoms with van der Waals surface area (Å²) in [4.78, 5) is 36.4. The minimum Gasteiger partial charge on any atom is -0.451 e. The number of carbonyl (C=O) groups excluding carboxylic acids is 3. The standard InChI is InChI=1S/C11H17ClFNO4.C10H18FNO3/c1-11(2,3)18-10(16)14-5-7(13)4-8(14)6-17-9(12)15;1-10(2,3)15-9(14)12-5-7(11)4-8(12)6-13/h7-8H,4-6H2,1-3H3;7-8,13H,4-6H2,1-3H3/t2*7-,8-/m00/s1. The fraction of sp³-hybridized carbons (Fsp3) is 0.857. The maximum absolute atomic E-state index is 13.3. The Morgan fingerprint density at radius 1 is 0.879 bits per heavy atom. The quantitative estimate of drug-likeness (QED) is 0.460. The number of hydrogen-bond donors (Lipinski definition) is 1. The minimum absolute atomic E-state index is 0.0140. The van der Waals surface area contributed by atoms with E-state index in [0.29, 0.717) is 0 Å². The molecule has 2 saturated heterocycles. The average Bonchev–Trinajstić information content (AvgIpc) is 3.20. The molecule has 0 aromatic heterocycles. The van der Waals surface area contributed by atoms with E-state index in [9.17, 15) is 23.2 Å². The van der Waals surface area contributed by atoms with E-state index in [2.05, 4.69) is 4.74 Å². The van der Waals surface area contributed by atoms with Gasteiger partial charge in [0, 0.05) is 24.4 Å². The van der Waals surface area contributed by atoms with Crippen molar-refractivity contribution >= 4 is 29.2 Å². The van der Waals surface area contributed by atoms with Gasteiger partial charge in [0.1, 0.15) is 30.2 Å². The van der Waals surface area contributed by atoms with Crippen molar-refractivity contribution in [1.29, 1.82) is 0 Å². The maximum Gasteiger partial charge on any atom is 0.410 e. The third kappa shape index (κ3) is 10.7. The summed E-state index contributed by atoms with van der Waals surface area (Å²) in [6.07, 6.45) is -3.06. The third-order valence-corrected chi connectivity index (χ3v) is 4.69. The van der Waals surface area contributed by atoms with Crippen LogP contribution in [0.15, 0.2) is 0 Å². The van der Waals surface area contributed by atoms with E-state index in [1.807, 2.05) is 0 Å². The normalized spacial score (nSPS) is 25.3. The molecule has 0 spiro atoms. The van der Waals surface area contributed by atoms with Crippen molar-refractivity contribution in [3.63, 3.8) is 0 Å².